The monoisotopic (exact) mass is 189 g/mol. The maximum atomic E-state index is 9.52. The summed E-state index contributed by atoms with van der Waals surface area (Å²) in [5.41, 5.74) is 1.46. The smallest absolute Gasteiger partial charge is 0.137 e. The molecule has 1 aromatic heterocycles. The molecule has 0 radical (unpaired) electrons. The van der Waals surface area contributed by atoms with Crippen molar-refractivity contribution in [1.82, 2.24) is 4.98 Å². The first-order chi connectivity index (χ1) is 6.72. The molecule has 0 fully saturated rings. The van der Waals surface area contributed by atoms with E-state index in [2.05, 4.69) is 4.98 Å². The maximum absolute atomic E-state index is 9.52. The van der Waals surface area contributed by atoms with Gasteiger partial charge in [-0.3, -0.25) is 0 Å². The molecule has 2 rings (SSSR count). The van der Waals surface area contributed by atoms with E-state index in [1.807, 2.05) is 18.2 Å². The molecule has 0 aliphatic carbocycles. The first kappa shape index (κ1) is 8.81. The minimum atomic E-state index is 0.196. The number of rotatable bonds is 1. The quantitative estimate of drug-likeness (QED) is 0.748. The summed E-state index contributed by atoms with van der Waals surface area (Å²) >= 11 is 0. The van der Waals surface area contributed by atoms with Crippen molar-refractivity contribution in [3.8, 4) is 11.5 Å². The fraction of sp³-hybridized carbons (Fsp3) is 0.182. The fourth-order valence-electron chi connectivity index (χ4n) is 1.43. The largest absolute Gasteiger partial charge is 0.506 e. The first-order valence-electron chi connectivity index (χ1n) is 4.35. The number of aromatic nitrogens is 1. The van der Waals surface area contributed by atoms with Crippen molar-refractivity contribution in [2.24, 2.45) is 0 Å². The van der Waals surface area contributed by atoms with Crippen molar-refractivity contribution in [3.63, 3.8) is 0 Å². The Kier molecular flexibility index (Phi) is 2.00. The van der Waals surface area contributed by atoms with Crippen LogP contribution in [-0.2, 0) is 0 Å². The summed E-state index contributed by atoms with van der Waals surface area (Å²) in [6, 6.07) is 7.30. The maximum Gasteiger partial charge on any atom is 0.137 e. The van der Waals surface area contributed by atoms with Gasteiger partial charge in [-0.15, -0.1) is 0 Å². The van der Waals surface area contributed by atoms with Crippen molar-refractivity contribution in [2.75, 3.05) is 7.11 Å². The number of pyridine rings is 1. The number of benzene rings is 1. The fourth-order valence-corrected chi connectivity index (χ4v) is 1.43. The molecule has 0 spiro atoms. The third kappa shape index (κ3) is 1.27. The van der Waals surface area contributed by atoms with Gasteiger partial charge in [0.1, 0.15) is 11.5 Å². The molecule has 0 saturated heterocycles. The number of aryl methyl sites for hydroxylation is 1. The molecule has 3 heteroatoms. The Bertz CT molecular complexity index is 480. The van der Waals surface area contributed by atoms with Crippen LogP contribution in [0.4, 0.5) is 0 Å². The summed E-state index contributed by atoms with van der Waals surface area (Å²) in [7, 11) is 1.60. The van der Waals surface area contributed by atoms with Crippen molar-refractivity contribution in [2.45, 2.75) is 6.92 Å². The van der Waals surface area contributed by atoms with E-state index < -0.39 is 0 Å². The first-order valence-corrected chi connectivity index (χ1v) is 4.35. The molecule has 0 aliphatic rings. The lowest BCUT2D eigenvalue weighted by Crippen LogP contribution is -1.88. The highest BCUT2D eigenvalue weighted by molar-refractivity contribution is 5.86. The van der Waals surface area contributed by atoms with Crippen LogP contribution in [0.2, 0.25) is 0 Å². The zero-order valence-electron chi connectivity index (χ0n) is 8.11. The van der Waals surface area contributed by atoms with Crippen LogP contribution in [0.1, 0.15) is 5.69 Å². The summed E-state index contributed by atoms with van der Waals surface area (Å²) in [5, 5.41) is 10.4. The Labute approximate surface area is 82.0 Å². The zero-order valence-corrected chi connectivity index (χ0v) is 8.11. The Morgan fingerprint density at radius 2 is 2.14 bits per heavy atom. The van der Waals surface area contributed by atoms with Crippen LogP contribution in [0, 0.1) is 6.92 Å². The average molecular weight is 189 g/mol. The molecule has 0 bridgehead atoms. The predicted molar refractivity (Wildman–Crippen MR) is 54.7 cm³/mol. The van der Waals surface area contributed by atoms with Crippen molar-refractivity contribution in [1.29, 1.82) is 0 Å². The summed E-state index contributed by atoms with van der Waals surface area (Å²) in [5.74, 6) is 0.923. The van der Waals surface area contributed by atoms with Gasteiger partial charge in [0.25, 0.3) is 0 Å². The number of hydrogen-bond acceptors (Lipinski definition) is 3. The van der Waals surface area contributed by atoms with Gasteiger partial charge in [0.2, 0.25) is 0 Å². The number of fused-ring (bicyclic) bond motifs is 1. The van der Waals surface area contributed by atoms with E-state index in [0.717, 1.165) is 16.7 Å². The van der Waals surface area contributed by atoms with E-state index in [-0.39, 0.29) is 5.75 Å². The second-order valence-electron chi connectivity index (χ2n) is 3.12. The van der Waals surface area contributed by atoms with Crippen LogP contribution in [0.25, 0.3) is 10.9 Å². The van der Waals surface area contributed by atoms with E-state index in [4.69, 9.17) is 4.74 Å². The Balaban J connectivity index is 2.81. The van der Waals surface area contributed by atoms with Gasteiger partial charge < -0.3 is 9.84 Å². The molecular weight excluding hydrogens is 178 g/mol. The van der Waals surface area contributed by atoms with Crippen LogP contribution in [0.15, 0.2) is 24.3 Å². The van der Waals surface area contributed by atoms with E-state index in [1.54, 1.807) is 20.1 Å². The number of aromatic hydroxyl groups is 1. The minimum absolute atomic E-state index is 0.196. The summed E-state index contributed by atoms with van der Waals surface area (Å²) < 4.78 is 5.17. The van der Waals surface area contributed by atoms with Crippen LogP contribution >= 0.6 is 0 Å². The molecule has 72 valence electrons. The number of nitrogens with zero attached hydrogens (tertiary/aromatic N) is 1. The molecule has 1 heterocycles. The zero-order chi connectivity index (χ0) is 10.1. The van der Waals surface area contributed by atoms with E-state index in [0.29, 0.717) is 5.69 Å². The Morgan fingerprint density at radius 1 is 1.36 bits per heavy atom. The summed E-state index contributed by atoms with van der Waals surface area (Å²) in [6.45, 7) is 1.77. The van der Waals surface area contributed by atoms with Crippen LogP contribution in [-0.4, -0.2) is 17.2 Å². The number of hydrogen-bond donors (Lipinski definition) is 1. The molecule has 0 amide bonds. The predicted octanol–water partition coefficient (Wildman–Crippen LogP) is 2.26. The SMILES string of the molecule is COc1cccc2nc(C)c(O)cc12. The minimum Gasteiger partial charge on any atom is -0.506 e. The van der Waals surface area contributed by atoms with Gasteiger partial charge in [-0.25, -0.2) is 4.98 Å². The van der Waals surface area contributed by atoms with Crippen molar-refractivity contribution < 1.29 is 9.84 Å². The van der Waals surface area contributed by atoms with Crippen LogP contribution in [0.3, 0.4) is 0 Å². The van der Waals surface area contributed by atoms with Crippen LogP contribution in [0.5, 0.6) is 11.5 Å². The molecule has 0 aliphatic heterocycles. The summed E-state index contributed by atoms with van der Waals surface area (Å²) in [6.07, 6.45) is 0. The van der Waals surface area contributed by atoms with Gasteiger partial charge in [0.15, 0.2) is 0 Å². The molecule has 0 saturated carbocycles. The molecule has 1 N–H and O–H groups in total. The van der Waals surface area contributed by atoms with Crippen molar-refractivity contribution >= 4 is 10.9 Å². The lowest BCUT2D eigenvalue weighted by molar-refractivity contribution is 0.419. The normalized spacial score (nSPS) is 10.4. The summed E-state index contributed by atoms with van der Waals surface area (Å²) in [4.78, 5) is 4.25. The van der Waals surface area contributed by atoms with E-state index in [9.17, 15) is 5.11 Å². The lowest BCUT2D eigenvalue weighted by Gasteiger charge is -2.06. The topological polar surface area (TPSA) is 42.4 Å². The molecule has 14 heavy (non-hydrogen) atoms. The Hall–Kier alpha value is -1.77. The average Bonchev–Trinajstić information content (AvgIpc) is 2.19. The van der Waals surface area contributed by atoms with Gasteiger partial charge in [0, 0.05) is 5.39 Å². The molecule has 0 atom stereocenters. The van der Waals surface area contributed by atoms with Gasteiger partial charge >= 0.3 is 0 Å². The third-order valence-corrected chi connectivity index (χ3v) is 2.20. The van der Waals surface area contributed by atoms with E-state index in [1.165, 1.54) is 0 Å². The van der Waals surface area contributed by atoms with E-state index >= 15 is 0 Å². The molecule has 2 aromatic rings. The van der Waals surface area contributed by atoms with Gasteiger partial charge in [0.05, 0.1) is 18.3 Å². The molecular formula is C11H11NO2. The third-order valence-electron chi connectivity index (χ3n) is 2.20. The molecule has 3 nitrogen and oxygen atoms in total. The highest BCUT2D eigenvalue weighted by Crippen LogP contribution is 2.28. The molecule has 0 unspecified atom stereocenters. The Morgan fingerprint density at radius 3 is 2.86 bits per heavy atom. The van der Waals surface area contributed by atoms with Gasteiger partial charge in [-0.1, -0.05) is 6.07 Å². The van der Waals surface area contributed by atoms with Crippen molar-refractivity contribution in [3.05, 3.63) is 30.0 Å². The standard InChI is InChI=1S/C11H11NO2/c1-7-10(13)6-8-9(12-7)4-3-5-11(8)14-2/h3-6,13H,1-2H3. The second-order valence-corrected chi connectivity index (χ2v) is 3.12. The number of methoxy groups -OCH3 is 1. The number of ether oxygens (including phenoxy) is 1. The lowest BCUT2D eigenvalue weighted by atomic mass is 10.2. The van der Waals surface area contributed by atoms with Gasteiger partial charge in [-0.05, 0) is 25.1 Å². The van der Waals surface area contributed by atoms with Crippen LogP contribution < -0.4 is 4.74 Å². The highest BCUT2D eigenvalue weighted by atomic mass is 16.5. The second kappa shape index (κ2) is 3.18. The molecule has 1 aromatic carbocycles. The highest BCUT2D eigenvalue weighted by Gasteiger charge is 2.05. The van der Waals surface area contributed by atoms with Gasteiger partial charge in [-0.2, -0.15) is 0 Å².